The van der Waals surface area contributed by atoms with Crippen molar-refractivity contribution in [3.8, 4) is 16.9 Å². The smallest absolute Gasteiger partial charge is 0.201 e. The van der Waals surface area contributed by atoms with E-state index in [4.69, 9.17) is 9.47 Å². The van der Waals surface area contributed by atoms with Gasteiger partial charge in [0.05, 0.1) is 19.3 Å². The Labute approximate surface area is 203 Å². The average Bonchev–Trinajstić information content (AvgIpc) is 2.87. The summed E-state index contributed by atoms with van der Waals surface area (Å²) in [6.45, 7) is 5.12. The van der Waals surface area contributed by atoms with Crippen molar-refractivity contribution in [3.63, 3.8) is 0 Å². The maximum atomic E-state index is 14.5. The molecule has 4 heteroatoms. The van der Waals surface area contributed by atoms with E-state index < -0.39 is 11.6 Å². The third-order valence-corrected chi connectivity index (χ3v) is 7.56. The zero-order valence-electron chi connectivity index (χ0n) is 20.6. The average molecular weight is 469 g/mol. The second-order valence-electron chi connectivity index (χ2n) is 9.86. The van der Waals surface area contributed by atoms with Gasteiger partial charge in [-0.1, -0.05) is 50.1 Å². The number of halogens is 2. The summed E-state index contributed by atoms with van der Waals surface area (Å²) in [5.41, 5.74) is 3.63. The van der Waals surface area contributed by atoms with Gasteiger partial charge in [-0.2, -0.15) is 4.39 Å². The van der Waals surface area contributed by atoms with E-state index in [0.717, 1.165) is 37.7 Å². The summed E-state index contributed by atoms with van der Waals surface area (Å²) in [5.74, 6) is -0.172. The molecule has 0 aromatic heterocycles. The van der Waals surface area contributed by atoms with Crippen LogP contribution < -0.4 is 4.74 Å². The van der Waals surface area contributed by atoms with Crippen molar-refractivity contribution >= 4 is 0 Å². The van der Waals surface area contributed by atoms with Gasteiger partial charge in [0.1, 0.15) is 0 Å². The zero-order chi connectivity index (χ0) is 23.9. The van der Waals surface area contributed by atoms with Crippen molar-refractivity contribution in [1.29, 1.82) is 0 Å². The molecule has 1 aliphatic heterocycles. The van der Waals surface area contributed by atoms with Gasteiger partial charge in [0.25, 0.3) is 0 Å². The summed E-state index contributed by atoms with van der Waals surface area (Å²) in [5, 5.41) is 0. The molecule has 1 saturated carbocycles. The summed E-state index contributed by atoms with van der Waals surface area (Å²) in [6, 6.07) is 10.8. The lowest BCUT2D eigenvalue weighted by Gasteiger charge is -2.33. The molecular weight excluding hydrogens is 430 g/mol. The van der Waals surface area contributed by atoms with Gasteiger partial charge in [0, 0.05) is 5.56 Å². The van der Waals surface area contributed by atoms with Crippen molar-refractivity contribution in [3.05, 3.63) is 65.2 Å². The monoisotopic (exact) mass is 468 g/mol. The maximum absolute atomic E-state index is 14.5. The van der Waals surface area contributed by atoms with Gasteiger partial charge in [-0.3, -0.25) is 0 Å². The first-order chi connectivity index (χ1) is 16.6. The van der Waals surface area contributed by atoms with Gasteiger partial charge in [0.15, 0.2) is 11.6 Å². The molecule has 0 saturated heterocycles. The van der Waals surface area contributed by atoms with E-state index in [1.54, 1.807) is 13.0 Å². The van der Waals surface area contributed by atoms with Crippen LogP contribution in [0.3, 0.4) is 0 Å². The first kappa shape index (κ1) is 24.9. The van der Waals surface area contributed by atoms with Gasteiger partial charge in [-0.15, -0.1) is 0 Å². The van der Waals surface area contributed by atoms with Gasteiger partial charge in [0.2, 0.25) is 5.82 Å². The van der Waals surface area contributed by atoms with Crippen molar-refractivity contribution < 1.29 is 18.3 Å². The van der Waals surface area contributed by atoms with E-state index in [1.165, 1.54) is 55.7 Å². The summed E-state index contributed by atoms with van der Waals surface area (Å²) in [6.07, 6.45) is 13.7. The summed E-state index contributed by atoms with van der Waals surface area (Å²) in [7, 11) is 0. The standard InChI is InChI=1S/C30H38F2O2/c1-3-5-21-6-11-23(12-7-21)25-15-17-26(34-20-25)16-10-22-8-13-24(14-9-22)27-18-19-28(33-4-2)30(32)29(27)31/h8-9,13-15,18-19,21,23,26H,3-7,10-12,16-17,20H2,1-2H3. The minimum absolute atomic E-state index is 0.0470. The van der Waals surface area contributed by atoms with Crippen molar-refractivity contribution in [2.75, 3.05) is 13.2 Å². The molecule has 1 heterocycles. The molecule has 0 amide bonds. The van der Waals surface area contributed by atoms with E-state index in [2.05, 4.69) is 13.0 Å². The Morgan fingerprint density at radius 2 is 1.68 bits per heavy atom. The largest absolute Gasteiger partial charge is 0.491 e. The summed E-state index contributed by atoms with van der Waals surface area (Å²) < 4.78 is 40.1. The fourth-order valence-corrected chi connectivity index (χ4v) is 5.54. The van der Waals surface area contributed by atoms with Crippen LogP contribution in [0.5, 0.6) is 5.75 Å². The van der Waals surface area contributed by atoms with Crippen LogP contribution in [0.15, 0.2) is 48.0 Å². The fourth-order valence-electron chi connectivity index (χ4n) is 5.54. The highest BCUT2D eigenvalue weighted by molar-refractivity contribution is 5.65. The molecule has 1 unspecified atom stereocenters. The van der Waals surface area contributed by atoms with E-state index >= 15 is 0 Å². The molecule has 1 aliphatic carbocycles. The summed E-state index contributed by atoms with van der Waals surface area (Å²) in [4.78, 5) is 0. The quantitative estimate of drug-likeness (QED) is 0.345. The molecule has 2 aromatic rings. The van der Waals surface area contributed by atoms with Crippen LogP contribution in [0.1, 0.15) is 70.8 Å². The molecule has 2 aromatic carbocycles. The van der Waals surface area contributed by atoms with E-state index in [-0.39, 0.29) is 17.4 Å². The molecule has 1 atom stereocenters. The number of hydrogen-bond donors (Lipinski definition) is 0. The molecule has 0 radical (unpaired) electrons. The maximum Gasteiger partial charge on any atom is 0.201 e. The molecular formula is C30H38F2O2. The van der Waals surface area contributed by atoms with Crippen LogP contribution in [-0.2, 0) is 11.2 Å². The van der Waals surface area contributed by atoms with E-state index in [0.29, 0.717) is 12.2 Å². The predicted octanol–water partition coefficient (Wildman–Crippen LogP) is 8.28. The molecule has 1 fully saturated rings. The normalized spacial score (nSPS) is 22.9. The zero-order valence-corrected chi connectivity index (χ0v) is 20.6. The third-order valence-electron chi connectivity index (χ3n) is 7.56. The molecule has 0 spiro atoms. The van der Waals surface area contributed by atoms with Gasteiger partial charge in [-0.05, 0) is 92.5 Å². The molecule has 0 N–H and O–H groups in total. The lowest BCUT2D eigenvalue weighted by Crippen LogP contribution is -2.25. The molecule has 184 valence electrons. The summed E-state index contributed by atoms with van der Waals surface area (Å²) >= 11 is 0. The Kier molecular flexibility index (Phi) is 8.77. The highest BCUT2D eigenvalue weighted by Crippen LogP contribution is 2.37. The molecule has 0 bridgehead atoms. The third kappa shape index (κ3) is 6.07. The van der Waals surface area contributed by atoms with Gasteiger partial charge < -0.3 is 9.47 Å². The van der Waals surface area contributed by atoms with Crippen LogP contribution in [-0.4, -0.2) is 19.3 Å². The van der Waals surface area contributed by atoms with Crippen molar-refractivity contribution in [1.82, 2.24) is 0 Å². The number of ether oxygens (including phenoxy) is 2. The lowest BCUT2D eigenvalue weighted by molar-refractivity contribution is 0.0487. The Balaban J connectivity index is 1.27. The number of hydrogen-bond acceptors (Lipinski definition) is 2. The lowest BCUT2D eigenvalue weighted by atomic mass is 9.76. The Morgan fingerprint density at radius 1 is 0.912 bits per heavy atom. The van der Waals surface area contributed by atoms with Crippen LogP contribution in [0.2, 0.25) is 0 Å². The minimum atomic E-state index is -0.931. The molecule has 4 rings (SSSR count). The molecule has 34 heavy (non-hydrogen) atoms. The second kappa shape index (κ2) is 12.0. The molecule has 2 nitrogen and oxygen atoms in total. The Morgan fingerprint density at radius 3 is 2.32 bits per heavy atom. The van der Waals surface area contributed by atoms with Crippen LogP contribution in [0.4, 0.5) is 8.78 Å². The first-order valence-electron chi connectivity index (χ1n) is 13.1. The fraction of sp³-hybridized carbons (Fsp3) is 0.533. The molecule has 2 aliphatic rings. The first-order valence-corrected chi connectivity index (χ1v) is 13.1. The predicted molar refractivity (Wildman–Crippen MR) is 134 cm³/mol. The van der Waals surface area contributed by atoms with Crippen LogP contribution in [0, 0.1) is 23.5 Å². The topological polar surface area (TPSA) is 18.5 Å². The highest BCUT2D eigenvalue weighted by atomic mass is 19.2. The Hall–Kier alpha value is -2.20. The van der Waals surface area contributed by atoms with Gasteiger partial charge in [-0.25, -0.2) is 4.39 Å². The highest BCUT2D eigenvalue weighted by Gasteiger charge is 2.26. The van der Waals surface area contributed by atoms with E-state index in [1.807, 2.05) is 24.3 Å². The van der Waals surface area contributed by atoms with Crippen LogP contribution >= 0.6 is 0 Å². The minimum Gasteiger partial charge on any atom is -0.491 e. The van der Waals surface area contributed by atoms with Crippen molar-refractivity contribution in [2.24, 2.45) is 11.8 Å². The Bertz CT molecular complexity index is 959. The number of aryl methyl sites for hydroxylation is 1. The SMILES string of the molecule is CCCC1CCC(C2=CCC(CCc3ccc(-c4ccc(OCC)c(F)c4F)cc3)OC2)CC1. The van der Waals surface area contributed by atoms with E-state index in [9.17, 15) is 8.78 Å². The van der Waals surface area contributed by atoms with Crippen LogP contribution in [0.25, 0.3) is 11.1 Å². The second-order valence-corrected chi connectivity index (χ2v) is 9.86. The van der Waals surface area contributed by atoms with Crippen molar-refractivity contribution in [2.45, 2.75) is 77.7 Å². The number of benzene rings is 2. The number of rotatable bonds is 9. The van der Waals surface area contributed by atoms with Gasteiger partial charge >= 0.3 is 0 Å².